The molecule has 0 amide bonds. The van der Waals surface area contributed by atoms with E-state index in [1.165, 1.54) is 18.2 Å². The summed E-state index contributed by atoms with van der Waals surface area (Å²) in [5, 5.41) is 14.4. The first-order valence-corrected chi connectivity index (χ1v) is 10.5. The highest BCUT2D eigenvalue weighted by atomic mass is 19.4. The van der Waals surface area contributed by atoms with Crippen LogP contribution in [0.1, 0.15) is 36.6 Å². The number of hydrogen-bond acceptors (Lipinski definition) is 5. The zero-order valence-electron chi connectivity index (χ0n) is 17.6. The van der Waals surface area contributed by atoms with E-state index >= 15 is 0 Å². The third kappa shape index (κ3) is 4.02. The first kappa shape index (κ1) is 21.3. The smallest absolute Gasteiger partial charge is 0.393 e. The average Bonchev–Trinajstić information content (AvgIpc) is 3.41. The number of fused-ring (bicyclic) bond motifs is 1. The molecule has 1 fully saturated rings. The average molecular weight is 455 g/mol. The van der Waals surface area contributed by atoms with Gasteiger partial charge in [0.1, 0.15) is 17.0 Å². The molecule has 7 nitrogen and oxygen atoms in total. The van der Waals surface area contributed by atoms with Crippen LogP contribution in [-0.2, 0) is 13.2 Å². The molecule has 0 aliphatic heterocycles. The minimum atomic E-state index is -4.44. The molecule has 2 atom stereocenters. The van der Waals surface area contributed by atoms with Gasteiger partial charge in [-0.3, -0.25) is 9.48 Å². The molecule has 2 N–H and O–H groups in total. The Hall–Kier alpha value is -3.53. The number of halogens is 3. The van der Waals surface area contributed by atoms with Crippen molar-refractivity contribution < 1.29 is 18.3 Å². The Morgan fingerprint density at radius 2 is 1.88 bits per heavy atom. The van der Waals surface area contributed by atoms with E-state index in [1.807, 2.05) is 0 Å². The molecule has 0 unspecified atom stereocenters. The van der Waals surface area contributed by atoms with Crippen LogP contribution in [0.3, 0.4) is 0 Å². The SMILES string of the molecule is Cn1cc(-c2nc(-c3ccc(C(F)(F)F)cc3)cc3c(=O)[nH]c([C@H]4CC[C@@H](O)C4)nc23)cn1. The maximum absolute atomic E-state index is 13.0. The fraction of sp³-hybridized carbons (Fsp3) is 0.304. The summed E-state index contributed by atoms with van der Waals surface area (Å²) in [6.07, 6.45) is 0.353. The van der Waals surface area contributed by atoms with Crippen LogP contribution in [0, 0.1) is 0 Å². The van der Waals surface area contributed by atoms with Crippen LogP contribution >= 0.6 is 0 Å². The van der Waals surface area contributed by atoms with Gasteiger partial charge in [0.25, 0.3) is 5.56 Å². The Labute approximate surface area is 185 Å². The number of benzene rings is 1. The monoisotopic (exact) mass is 455 g/mol. The molecule has 3 heterocycles. The number of nitrogens with zero attached hydrogens (tertiary/aromatic N) is 4. The second-order valence-corrected chi connectivity index (χ2v) is 8.35. The van der Waals surface area contributed by atoms with Gasteiger partial charge in [-0.25, -0.2) is 9.97 Å². The minimum absolute atomic E-state index is 0.0616. The summed E-state index contributed by atoms with van der Waals surface area (Å²) in [5.74, 6) is 0.437. The van der Waals surface area contributed by atoms with Crippen LogP contribution in [0.2, 0.25) is 0 Å². The molecular weight excluding hydrogens is 435 g/mol. The summed E-state index contributed by atoms with van der Waals surface area (Å²) in [7, 11) is 1.75. The van der Waals surface area contributed by atoms with Crippen LogP contribution in [0.4, 0.5) is 13.2 Å². The van der Waals surface area contributed by atoms with Gasteiger partial charge in [-0.1, -0.05) is 12.1 Å². The van der Waals surface area contributed by atoms with Crippen molar-refractivity contribution in [1.82, 2.24) is 24.7 Å². The Kier molecular flexibility index (Phi) is 5.04. The zero-order valence-corrected chi connectivity index (χ0v) is 17.6. The molecule has 3 aromatic heterocycles. The number of aliphatic hydroxyl groups is 1. The van der Waals surface area contributed by atoms with Gasteiger partial charge in [0.15, 0.2) is 0 Å². The van der Waals surface area contributed by atoms with Crippen molar-refractivity contribution in [3.05, 3.63) is 64.5 Å². The van der Waals surface area contributed by atoms with E-state index in [0.717, 1.165) is 18.6 Å². The third-order valence-electron chi connectivity index (χ3n) is 5.99. The third-order valence-corrected chi connectivity index (χ3v) is 5.99. The van der Waals surface area contributed by atoms with Crippen molar-refractivity contribution in [3.8, 4) is 22.5 Å². The number of aromatic amines is 1. The molecule has 170 valence electrons. The van der Waals surface area contributed by atoms with Gasteiger partial charge in [0, 0.05) is 30.3 Å². The molecule has 4 aromatic rings. The Morgan fingerprint density at radius 1 is 1.12 bits per heavy atom. The summed E-state index contributed by atoms with van der Waals surface area (Å²) in [6.45, 7) is 0. The molecule has 0 saturated heterocycles. The van der Waals surface area contributed by atoms with Crippen LogP contribution in [-0.4, -0.2) is 35.9 Å². The highest BCUT2D eigenvalue weighted by Crippen LogP contribution is 2.35. The van der Waals surface area contributed by atoms with Crippen LogP contribution in [0.25, 0.3) is 33.4 Å². The van der Waals surface area contributed by atoms with E-state index < -0.39 is 17.8 Å². The quantitative estimate of drug-likeness (QED) is 0.486. The van der Waals surface area contributed by atoms with Gasteiger partial charge in [-0.05, 0) is 37.5 Å². The molecule has 0 spiro atoms. The number of aliphatic hydroxyl groups excluding tert-OH is 1. The number of hydrogen-bond donors (Lipinski definition) is 2. The number of nitrogens with one attached hydrogen (secondary N) is 1. The van der Waals surface area contributed by atoms with E-state index in [9.17, 15) is 23.1 Å². The van der Waals surface area contributed by atoms with E-state index in [4.69, 9.17) is 4.98 Å². The minimum Gasteiger partial charge on any atom is -0.393 e. The van der Waals surface area contributed by atoms with E-state index in [-0.39, 0.29) is 16.9 Å². The fourth-order valence-electron chi connectivity index (χ4n) is 4.28. The zero-order chi connectivity index (χ0) is 23.3. The number of alkyl halides is 3. The highest BCUT2D eigenvalue weighted by Gasteiger charge is 2.30. The molecule has 5 rings (SSSR count). The second-order valence-electron chi connectivity index (χ2n) is 8.35. The molecular formula is C23H20F3N5O2. The number of H-pyrrole nitrogens is 1. The summed E-state index contributed by atoms with van der Waals surface area (Å²) in [5.41, 5.74) is 1.11. The van der Waals surface area contributed by atoms with Gasteiger partial charge in [-0.2, -0.15) is 18.3 Å². The Balaban J connectivity index is 1.70. The van der Waals surface area contributed by atoms with E-state index in [0.29, 0.717) is 46.7 Å². The molecule has 33 heavy (non-hydrogen) atoms. The van der Waals surface area contributed by atoms with E-state index in [2.05, 4.69) is 15.1 Å². The number of rotatable bonds is 3. The summed E-state index contributed by atoms with van der Waals surface area (Å²) in [4.78, 5) is 25.2. The van der Waals surface area contributed by atoms with Crippen LogP contribution < -0.4 is 5.56 Å². The largest absolute Gasteiger partial charge is 0.416 e. The second kappa shape index (κ2) is 7.80. The maximum Gasteiger partial charge on any atom is 0.416 e. The highest BCUT2D eigenvalue weighted by molar-refractivity contribution is 5.93. The van der Waals surface area contributed by atoms with Crippen molar-refractivity contribution in [2.24, 2.45) is 7.05 Å². The summed E-state index contributed by atoms with van der Waals surface area (Å²) in [6, 6.07) is 6.18. The summed E-state index contributed by atoms with van der Waals surface area (Å²) >= 11 is 0. The lowest BCUT2D eigenvalue weighted by molar-refractivity contribution is -0.137. The number of pyridine rings is 1. The normalized spacial score (nSPS) is 18.8. The van der Waals surface area contributed by atoms with Crippen LogP contribution in [0.5, 0.6) is 0 Å². The van der Waals surface area contributed by atoms with Gasteiger partial charge < -0.3 is 10.1 Å². The van der Waals surface area contributed by atoms with Crippen molar-refractivity contribution in [2.45, 2.75) is 37.5 Å². The lowest BCUT2D eigenvalue weighted by Crippen LogP contribution is -2.15. The first-order valence-electron chi connectivity index (χ1n) is 10.5. The molecule has 0 radical (unpaired) electrons. The molecule has 1 aliphatic rings. The molecule has 1 aliphatic carbocycles. The van der Waals surface area contributed by atoms with Gasteiger partial charge in [-0.15, -0.1) is 0 Å². The molecule has 0 bridgehead atoms. The number of aryl methyl sites for hydroxylation is 1. The number of aromatic nitrogens is 5. The lowest BCUT2D eigenvalue weighted by atomic mass is 10.0. The Bertz CT molecular complexity index is 1390. The first-order chi connectivity index (χ1) is 15.7. The molecule has 1 saturated carbocycles. The fourth-order valence-corrected chi connectivity index (χ4v) is 4.28. The standard InChI is InChI=1S/C23H20F3N5O2/c1-31-11-14(10-27-31)19-20-17(22(33)30-21(29-20)13-4-7-16(32)8-13)9-18(28-19)12-2-5-15(6-3-12)23(24,25)26/h2-3,5-6,9-11,13,16,32H,4,7-8H2,1H3,(H,29,30,33)/t13-,16+/m0/s1. The van der Waals surface area contributed by atoms with Crippen molar-refractivity contribution in [3.63, 3.8) is 0 Å². The van der Waals surface area contributed by atoms with Crippen molar-refractivity contribution in [2.75, 3.05) is 0 Å². The predicted octanol–water partition coefficient (Wildman–Crippen LogP) is 4.03. The predicted molar refractivity (Wildman–Crippen MR) is 115 cm³/mol. The van der Waals surface area contributed by atoms with Crippen molar-refractivity contribution in [1.29, 1.82) is 0 Å². The van der Waals surface area contributed by atoms with Gasteiger partial charge in [0.05, 0.1) is 28.9 Å². The molecule has 10 heteroatoms. The summed E-state index contributed by atoms with van der Waals surface area (Å²) < 4.78 is 40.5. The maximum atomic E-state index is 13.0. The van der Waals surface area contributed by atoms with Gasteiger partial charge >= 0.3 is 6.18 Å². The van der Waals surface area contributed by atoms with E-state index in [1.54, 1.807) is 24.1 Å². The van der Waals surface area contributed by atoms with Gasteiger partial charge in [0.2, 0.25) is 0 Å². The van der Waals surface area contributed by atoms with Crippen LogP contribution in [0.15, 0.2) is 47.5 Å². The Morgan fingerprint density at radius 3 is 2.48 bits per heavy atom. The lowest BCUT2D eigenvalue weighted by Gasteiger charge is -2.13. The molecule has 1 aromatic carbocycles. The topological polar surface area (TPSA) is 96.7 Å². The van der Waals surface area contributed by atoms with Crippen molar-refractivity contribution >= 4 is 10.9 Å².